The van der Waals surface area contributed by atoms with Gasteiger partial charge in [-0.3, -0.25) is 4.79 Å². The molecule has 6 heteroatoms. The number of furan rings is 1. The molecule has 1 N–H and O–H groups in total. The average Bonchev–Trinajstić information content (AvgIpc) is 3.32. The fourth-order valence-corrected chi connectivity index (χ4v) is 4.07. The number of aromatic nitrogens is 1. The van der Waals surface area contributed by atoms with Gasteiger partial charge in [0, 0.05) is 10.8 Å². The second-order valence-electron chi connectivity index (χ2n) is 5.33. The Kier molecular flexibility index (Phi) is 4.15. The zero-order valence-corrected chi connectivity index (χ0v) is 14.3. The summed E-state index contributed by atoms with van der Waals surface area (Å²) in [6, 6.07) is 13.8. The highest BCUT2D eigenvalue weighted by molar-refractivity contribution is 7.20. The minimum Gasteiger partial charge on any atom is -0.459 e. The standard InChI is InChI=1S/C18H14N2O2S2/c21-17(9-13-11-24-18(20-13)16-6-3-7-23-16)19-10-14-8-12-4-1-2-5-15(12)22-14/h1-8,11H,9-10H2,(H,19,21). The third-order valence-corrected chi connectivity index (χ3v) is 5.49. The molecule has 120 valence electrons. The molecule has 0 spiro atoms. The molecule has 0 saturated heterocycles. The highest BCUT2D eigenvalue weighted by Gasteiger charge is 2.10. The zero-order chi connectivity index (χ0) is 16.4. The number of fused-ring (bicyclic) bond motifs is 1. The number of amides is 1. The Bertz CT molecular complexity index is 937. The smallest absolute Gasteiger partial charge is 0.226 e. The molecule has 1 amide bonds. The van der Waals surface area contributed by atoms with Gasteiger partial charge < -0.3 is 9.73 Å². The van der Waals surface area contributed by atoms with Crippen LogP contribution in [-0.2, 0) is 17.8 Å². The van der Waals surface area contributed by atoms with Crippen LogP contribution in [-0.4, -0.2) is 10.9 Å². The topological polar surface area (TPSA) is 55.1 Å². The lowest BCUT2D eigenvalue weighted by atomic mass is 10.2. The molecule has 0 fully saturated rings. The Hall–Kier alpha value is -2.44. The third-order valence-electron chi connectivity index (χ3n) is 3.56. The van der Waals surface area contributed by atoms with Gasteiger partial charge in [0.05, 0.1) is 23.5 Å². The lowest BCUT2D eigenvalue weighted by Crippen LogP contribution is -2.24. The Labute approximate surface area is 146 Å². The van der Waals surface area contributed by atoms with Crippen LogP contribution >= 0.6 is 22.7 Å². The van der Waals surface area contributed by atoms with E-state index < -0.39 is 0 Å². The van der Waals surface area contributed by atoms with Crippen LogP contribution in [0.1, 0.15) is 11.5 Å². The number of nitrogens with zero attached hydrogens (tertiary/aromatic N) is 1. The molecule has 0 bridgehead atoms. The number of benzene rings is 1. The molecule has 0 radical (unpaired) electrons. The van der Waals surface area contributed by atoms with E-state index in [2.05, 4.69) is 10.3 Å². The Morgan fingerprint density at radius 1 is 1.17 bits per heavy atom. The number of thiophene rings is 1. The van der Waals surface area contributed by atoms with Gasteiger partial charge in [0.15, 0.2) is 0 Å². The van der Waals surface area contributed by atoms with E-state index in [1.807, 2.05) is 53.2 Å². The molecular formula is C18H14N2O2S2. The van der Waals surface area contributed by atoms with E-state index in [1.54, 1.807) is 22.7 Å². The summed E-state index contributed by atoms with van der Waals surface area (Å²) in [7, 11) is 0. The van der Waals surface area contributed by atoms with Crippen molar-refractivity contribution in [3.05, 3.63) is 64.7 Å². The van der Waals surface area contributed by atoms with Gasteiger partial charge in [0.1, 0.15) is 16.4 Å². The van der Waals surface area contributed by atoms with E-state index in [-0.39, 0.29) is 12.3 Å². The van der Waals surface area contributed by atoms with Crippen LogP contribution < -0.4 is 5.32 Å². The van der Waals surface area contributed by atoms with Gasteiger partial charge in [-0.2, -0.15) is 0 Å². The van der Waals surface area contributed by atoms with E-state index in [9.17, 15) is 4.79 Å². The summed E-state index contributed by atoms with van der Waals surface area (Å²) in [6.07, 6.45) is 0.280. The van der Waals surface area contributed by atoms with Gasteiger partial charge in [-0.05, 0) is 23.6 Å². The Balaban J connectivity index is 1.36. The lowest BCUT2D eigenvalue weighted by molar-refractivity contribution is -0.120. The number of para-hydroxylation sites is 1. The predicted octanol–water partition coefficient (Wildman–Crippen LogP) is 4.48. The second kappa shape index (κ2) is 6.59. The first-order chi connectivity index (χ1) is 11.8. The van der Waals surface area contributed by atoms with Crippen molar-refractivity contribution in [2.45, 2.75) is 13.0 Å². The van der Waals surface area contributed by atoms with Gasteiger partial charge >= 0.3 is 0 Å². The summed E-state index contributed by atoms with van der Waals surface area (Å²) in [5, 5.41) is 8.86. The molecule has 0 atom stereocenters. The molecular weight excluding hydrogens is 340 g/mol. The number of rotatable bonds is 5. The molecule has 0 aliphatic carbocycles. The first-order valence-corrected chi connectivity index (χ1v) is 9.26. The van der Waals surface area contributed by atoms with Crippen LogP contribution in [0.15, 0.2) is 57.6 Å². The molecule has 3 aromatic heterocycles. The third kappa shape index (κ3) is 3.25. The van der Waals surface area contributed by atoms with Gasteiger partial charge in [-0.25, -0.2) is 4.98 Å². The monoisotopic (exact) mass is 354 g/mol. The van der Waals surface area contributed by atoms with Crippen LogP contribution in [0.5, 0.6) is 0 Å². The van der Waals surface area contributed by atoms with Gasteiger partial charge in [0.25, 0.3) is 0 Å². The van der Waals surface area contributed by atoms with Crippen molar-refractivity contribution in [3.8, 4) is 9.88 Å². The number of nitrogens with one attached hydrogen (secondary N) is 1. The van der Waals surface area contributed by atoms with Crippen LogP contribution in [0.4, 0.5) is 0 Å². The summed E-state index contributed by atoms with van der Waals surface area (Å²) >= 11 is 3.22. The number of hydrogen-bond acceptors (Lipinski definition) is 5. The minimum atomic E-state index is -0.0570. The van der Waals surface area contributed by atoms with Crippen molar-refractivity contribution in [2.24, 2.45) is 0 Å². The molecule has 0 saturated carbocycles. The van der Waals surface area contributed by atoms with E-state index in [0.717, 1.165) is 32.3 Å². The fourth-order valence-electron chi connectivity index (χ4n) is 2.44. The Morgan fingerprint density at radius 2 is 2.08 bits per heavy atom. The maximum atomic E-state index is 12.1. The van der Waals surface area contributed by atoms with Crippen LogP contribution in [0.3, 0.4) is 0 Å². The first-order valence-electron chi connectivity index (χ1n) is 7.50. The summed E-state index contributed by atoms with van der Waals surface area (Å²) in [6.45, 7) is 0.384. The Morgan fingerprint density at radius 3 is 2.92 bits per heavy atom. The first kappa shape index (κ1) is 15.1. The molecule has 0 aliphatic heterocycles. The molecule has 4 aromatic rings. The molecule has 0 aliphatic rings. The van der Waals surface area contributed by atoms with E-state index >= 15 is 0 Å². The highest BCUT2D eigenvalue weighted by atomic mass is 32.1. The van der Waals surface area contributed by atoms with E-state index in [0.29, 0.717) is 6.54 Å². The summed E-state index contributed by atoms with van der Waals surface area (Å²) in [5.41, 5.74) is 1.63. The molecule has 1 aromatic carbocycles. The maximum Gasteiger partial charge on any atom is 0.226 e. The van der Waals surface area contributed by atoms with E-state index in [4.69, 9.17) is 4.42 Å². The molecule has 3 heterocycles. The number of carbonyl (C=O) groups excluding carboxylic acids is 1. The average molecular weight is 354 g/mol. The second-order valence-corrected chi connectivity index (χ2v) is 7.13. The maximum absolute atomic E-state index is 12.1. The fraction of sp³-hybridized carbons (Fsp3) is 0.111. The molecule has 4 nitrogen and oxygen atoms in total. The van der Waals surface area contributed by atoms with Crippen molar-refractivity contribution < 1.29 is 9.21 Å². The SMILES string of the molecule is O=C(Cc1csc(-c2cccs2)n1)NCc1cc2ccccc2o1. The summed E-state index contributed by atoms with van der Waals surface area (Å²) in [4.78, 5) is 17.8. The van der Waals surface area contributed by atoms with Crippen LogP contribution in [0.25, 0.3) is 20.9 Å². The number of carbonyl (C=O) groups is 1. The summed E-state index contributed by atoms with van der Waals surface area (Å²) in [5.74, 6) is 0.695. The van der Waals surface area contributed by atoms with E-state index in [1.165, 1.54) is 0 Å². The van der Waals surface area contributed by atoms with Crippen molar-refractivity contribution in [1.82, 2.24) is 10.3 Å². The van der Waals surface area contributed by atoms with Gasteiger partial charge in [0.2, 0.25) is 5.91 Å². The molecule has 24 heavy (non-hydrogen) atoms. The van der Waals surface area contributed by atoms with Crippen molar-refractivity contribution in [3.63, 3.8) is 0 Å². The number of thiazole rings is 1. The van der Waals surface area contributed by atoms with Crippen molar-refractivity contribution in [1.29, 1.82) is 0 Å². The quantitative estimate of drug-likeness (QED) is 0.575. The lowest BCUT2D eigenvalue weighted by Gasteiger charge is -2.01. The minimum absolute atomic E-state index is 0.0570. The largest absolute Gasteiger partial charge is 0.459 e. The van der Waals surface area contributed by atoms with Gasteiger partial charge in [-0.15, -0.1) is 22.7 Å². The normalized spacial score (nSPS) is 11.0. The highest BCUT2D eigenvalue weighted by Crippen LogP contribution is 2.27. The van der Waals surface area contributed by atoms with Crippen LogP contribution in [0, 0.1) is 0 Å². The molecule has 4 rings (SSSR count). The number of hydrogen-bond donors (Lipinski definition) is 1. The van der Waals surface area contributed by atoms with Crippen LogP contribution in [0.2, 0.25) is 0 Å². The predicted molar refractivity (Wildman–Crippen MR) is 97.2 cm³/mol. The zero-order valence-electron chi connectivity index (χ0n) is 12.7. The molecule has 0 unspecified atom stereocenters. The van der Waals surface area contributed by atoms with Gasteiger partial charge in [-0.1, -0.05) is 24.3 Å². The van der Waals surface area contributed by atoms with Crippen molar-refractivity contribution >= 4 is 39.5 Å². The van der Waals surface area contributed by atoms with Crippen molar-refractivity contribution in [2.75, 3.05) is 0 Å². The summed E-state index contributed by atoms with van der Waals surface area (Å²) < 4.78 is 5.69.